The molecule has 0 atom stereocenters. The van der Waals surface area contributed by atoms with E-state index in [0.717, 1.165) is 28.0 Å². The van der Waals surface area contributed by atoms with Gasteiger partial charge in [-0.3, -0.25) is 0 Å². The van der Waals surface area contributed by atoms with Crippen molar-refractivity contribution in [3.8, 4) is 0 Å². The van der Waals surface area contributed by atoms with Crippen molar-refractivity contribution in [2.75, 3.05) is 75.7 Å². The molecule has 0 aromatic heterocycles. The molecule has 0 fully saturated rings. The molecule has 0 aliphatic heterocycles. The lowest BCUT2D eigenvalue weighted by Crippen LogP contribution is -2.52. The van der Waals surface area contributed by atoms with E-state index in [0.29, 0.717) is 0 Å². The summed E-state index contributed by atoms with van der Waals surface area (Å²) in [5.41, 5.74) is 0. The Morgan fingerprint density at radius 3 is 1.06 bits per heavy atom. The molecule has 0 bridgehead atoms. The quantitative estimate of drug-likeness (QED) is 0.0617. The molecular formula is C30H68N2O3Si+2. The molecule has 0 aromatic rings. The van der Waals surface area contributed by atoms with Crippen LogP contribution in [0.5, 0.6) is 0 Å². The van der Waals surface area contributed by atoms with Crippen molar-refractivity contribution < 1.29 is 22.2 Å². The molecule has 0 spiro atoms. The summed E-state index contributed by atoms with van der Waals surface area (Å²) in [6.07, 6.45) is 24.1. The Labute approximate surface area is 228 Å². The predicted octanol–water partition coefficient (Wildman–Crippen LogP) is 7.67. The number of hydrogen-bond donors (Lipinski definition) is 0. The average molecular weight is 533 g/mol. The maximum absolute atomic E-state index is 5.57. The van der Waals surface area contributed by atoms with Gasteiger partial charge in [0.2, 0.25) is 0 Å². The van der Waals surface area contributed by atoms with Crippen molar-refractivity contribution in [2.24, 2.45) is 0 Å². The average Bonchev–Trinajstić information content (AvgIpc) is 2.85. The van der Waals surface area contributed by atoms with Crippen LogP contribution in [0.1, 0.15) is 116 Å². The smallest absolute Gasteiger partial charge is 0.377 e. The summed E-state index contributed by atoms with van der Waals surface area (Å²) < 4.78 is 18.9. The van der Waals surface area contributed by atoms with E-state index in [9.17, 15) is 0 Å². The monoisotopic (exact) mass is 532 g/mol. The largest absolute Gasteiger partial charge is 0.500 e. The van der Waals surface area contributed by atoms with Gasteiger partial charge in [-0.15, -0.1) is 0 Å². The third kappa shape index (κ3) is 20.0. The van der Waals surface area contributed by atoms with Gasteiger partial charge in [0, 0.05) is 33.8 Å². The van der Waals surface area contributed by atoms with Gasteiger partial charge in [-0.2, -0.15) is 0 Å². The van der Waals surface area contributed by atoms with Crippen LogP contribution in [-0.2, 0) is 13.3 Å². The normalized spacial score (nSPS) is 13.0. The standard InChI is InChI=1S/C30H68N2O3Si/c1-9-10-11-12-13-14-15-16-17-18-19-20-21-22-23-24-26-31(2,3)28-29-32(4,5)27-25-30-36(33-6,34-7)35-8/h9-30H2,1-8H3/q+2. The van der Waals surface area contributed by atoms with Crippen molar-refractivity contribution in [3.63, 3.8) is 0 Å². The van der Waals surface area contributed by atoms with Crippen LogP contribution in [0.4, 0.5) is 0 Å². The van der Waals surface area contributed by atoms with E-state index >= 15 is 0 Å². The van der Waals surface area contributed by atoms with Crippen LogP contribution in [0.2, 0.25) is 6.04 Å². The summed E-state index contributed by atoms with van der Waals surface area (Å²) >= 11 is 0. The summed E-state index contributed by atoms with van der Waals surface area (Å²) in [5, 5.41) is 0. The predicted molar refractivity (Wildman–Crippen MR) is 159 cm³/mol. The fourth-order valence-electron chi connectivity index (χ4n) is 5.13. The second-order valence-corrected chi connectivity index (χ2v) is 15.6. The molecule has 6 heteroatoms. The van der Waals surface area contributed by atoms with Crippen LogP contribution >= 0.6 is 0 Å². The van der Waals surface area contributed by atoms with Gasteiger partial charge in [0.05, 0.1) is 41.3 Å². The lowest BCUT2D eigenvalue weighted by molar-refractivity contribution is -0.946. The molecule has 0 saturated carbocycles. The zero-order valence-corrected chi connectivity index (χ0v) is 27.2. The Bertz CT molecular complexity index is 477. The summed E-state index contributed by atoms with van der Waals surface area (Å²) in [6.45, 7) is 7.16. The van der Waals surface area contributed by atoms with Crippen molar-refractivity contribution in [1.82, 2.24) is 0 Å². The van der Waals surface area contributed by atoms with Gasteiger partial charge in [-0.05, 0) is 12.8 Å². The molecule has 0 aliphatic rings. The van der Waals surface area contributed by atoms with Gasteiger partial charge in [-0.25, -0.2) is 0 Å². The molecule has 0 aliphatic carbocycles. The molecule has 0 rings (SSSR count). The van der Waals surface area contributed by atoms with E-state index in [1.165, 1.54) is 122 Å². The highest BCUT2D eigenvalue weighted by atomic mass is 28.4. The molecule has 0 heterocycles. The second kappa shape index (κ2) is 21.9. The zero-order valence-electron chi connectivity index (χ0n) is 26.2. The minimum Gasteiger partial charge on any atom is -0.377 e. The number of rotatable bonds is 27. The van der Waals surface area contributed by atoms with E-state index in [1.54, 1.807) is 21.3 Å². The van der Waals surface area contributed by atoms with Crippen molar-refractivity contribution in [3.05, 3.63) is 0 Å². The van der Waals surface area contributed by atoms with Crippen LogP contribution in [0.3, 0.4) is 0 Å². The molecular weight excluding hydrogens is 464 g/mol. The minimum atomic E-state index is -2.44. The molecule has 5 nitrogen and oxygen atoms in total. The van der Waals surface area contributed by atoms with Gasteiger partial charge < -0.3 is 22.2 Å². The Hall–Kier alpha value is 0.0169. The zero-order chi connectivity index (χ0) is 27.2. The summed E-state index contributed by atoms with van der Waals surface area (Å²) in [5.74, 6) is 0. The second-order valence-electron chi connectivity index (χ2n) is 12.5. The first-order valence-corrected chi connectivity index (χ1v) is 17.4. The summed E-state index contributed by atoms with van der Waals surface area (Å²) in [6, 6.07) is 0.885. The highest BCUT2D eigenvalue weighted by Gasteiger charge is 2.38. The lowest BCUT2D eigenvalue weighted by atomic mass is 10.0. The first-order valence-electron chi connectivity index (χ1n) is 15.5. The van der Waals surface area contributed by atoms with Crippen LogP contribution in [0.25, 0.3) is 0 Å². The van der Waals surface area contributed by atoms with Crippen LogP contribution in [0.15, 0.2) is 0 Å². The third-order valence-electron chi connectivity index (χ3n) is 8.11. The van der Waals surface area contributed by atoms with E-state index in [4.69, 9.17) is 13.3 Å². The molecule has 218 valence electrons. The molecule has 0 amide bonds. The Kier molecular flexibility index (Phi) is 21.9. The third-order valence-corrected chi connectivity index (χ3v) is 10.9. The Morgan fingerprint density at radius 2 is 0.722 bits per heavy atom. The highest BCUT2D eigenvalue weighted by Crippen LogP contribution is 2.17. The van der Waals surface area contributed by atoms with Crippen molar-refractivity contribution in [1.29, 1.82) is 0 Å². The number of likely N-dealkylation sites (N-methyl/N-ethyl adjacent to an activating group) is 2. The molecule has 0 unspecified atom stereocenters. The van der Waals surface area contributed by atoms with Gasteiger partial charge >= 0.3 is 8.80 Å². The SMILES string of the molecule is CCCCCCCCCCCCCCCCCC[N+](C)(C)CC[N+](C)(C)CCC[Si](OC)(OC)OC. The van der Waals surface area contributed by atoms with Gasteiger partial charge in [-0.1, -0.05) is 96.8 Å². The summed E-state index contributed by atoms with van der Waals surface area (Å²) in [4.78, 5) is 0. The first-order chi connectivity index (χ1) is 17.2. The topological polar surface area (TPSA) is 27.7 Å². The summed E-state index contributed by atoms with van der Waals surface area (Å²) in [7, 11) is 12.2. The van der Waals surface area contributed by atoms with Crippen LogP contribution in [-0.4, -0.2) is 93.5 Å². The molecule has 0 aromatic carbocycles. The van der Waals surface area contributed by atoms with E-state index in [-0.39, 0.29) is 0 Å². The van der Waals surface area contributed by atoms with Crippen molar-refractivity contribution >= 4 is 8.80 Å². The number of quaternary nitrogens is 2. The van der Waals surface area contributed by atoms with Crippen LogP contribution < -0.4 is 0 Å². The number of hydrogen-bond acceptors (Lipinski definition) is 3. The molecule has 0 N–H and O–H groups in total. The van der Waals surface area contributed by atoms with Gasteiger partial charge in [0.25, 0.3) is 0 Å². The fraction of sp³-hybridized carbons (Fsp3) is 1.00. The maximum atomic E-state index is 5.57. The Morgan fingerprint density at radius 1 is 0.417 bits per heavy atom. The minimum absolute atomic E-state index is 0.885. The fourth-order valence-corrected chi connectivity index (χ4v) is 6.84. The van der Waals surface area contributed by atoms with E-state index < -0.39 is 8.80 Å². The first kappa shape index (κ1) is 36.0. The lowest BCUT2D eigenvalue weighted by Gasteiger charge is -2.36. The maximum Gasteiger partial charge on any atom is 0.500 e. The van der Waals surface area contributed by atoms with E-state index in [2.05, 4.69) is 35.1 Å². The molecule has 0 radical (unpaired) electrons. The molecule has 0 saturated heterocycles. The van der Waals surface area contributed by atoms with Gasteiger partial charge in [0.15, 0.2) is 0 Å². The Balaban J connectivity index is 3.71. The molecule has 36 heavy (non-hydrogen) atoms. The van der Waals surface area contributed by atoms with E-state index in [1.807, 2.05) is 0 Å². The van der Waals surface area contributed by atoms with Gasteiger partial charge in [0.1, 0.15) is 13.1 Å². The number of unbranched alkanes of at least 4 members (excludes halogenated alkanes) is 15. The highest BCUT2D eigenvalue weighted by molar-refractivity contribution is 6.60. The van der Waals surface area contributed by atoms with Crippen LogP contribution in [0, 0.1) is 0 Å². The number of nitrogens with zero attached hydrogens (tertiary/aromatic N) is 2. The van der Waals surface area contributed by atoms with Crippen molar-refractivity contribution in [2.45, 2.75) is 122 Å².